The number of nitrogens with zero attached hydrogens (tertiary/aromatic N) is 1. The molecule has 0 radical (unpaired) electrons. The first kappa shape index (κ1) is 16.4. The van der Waals surface area contributed by atoms with Crippen LogP contribution in [0.25, 0.3) is 0 Å². The molecule has 1 rings (SSSR count). The van der Waals surface area contributed by atoms with E-state index in [-0.39, 0.29) is 11.7 Å². The fraction of sp³-hybridized carbons (Fsp3) is 0.533. The molecule has 0 saturated carbocycles. The number of hydrogen-bond donors (Lipinski definition) is 1. The molecule has 0 unspecified atom stereocenters. The molecule has 1 atom stereocenters. The minimum absolute atomic E-state index is 0.0958. The molecule has 0 aliphatic rings. The van der Waals surface area contributed by atoms with E-state index in [1.54, 1.807) is 24.1 Å². The van der Waals surface area contributed by atoms with Crippen LogP contribution < -0.4 is 10.5 Å². The molecule has 1 amide bonds. The van der Waals surface area contributed by atoms with Gasteiger partial charge < -0.3 is 15.4 Å². The summed E-state index contributed by atoms with van der Waals surface area (Å²) in [6, 6.07) is 5.45. The Balaban J connectivity index is 2.35. The second-order valence-corrected chi connectivity index (χ2v) is 5.30. The highest BCUT2D eigenvalue weighted by molar-refractivity contribution is 5.81. The Morgan fingerprint density at radius 1 is 1.45 bits per heavy atom. The van der Waals surface area contributed by atoms with E-state index in [0.29, 0.717) is 31.2 Å². The Morgan fingerprint density at radius 2 is 2.15 bits per heavy atom. The molecule has 112 valence electrons. The molecule has 0 saturated heterocycles. The van der Waals surface area contributed by atoms with Crippen molar-refractivity contribution in [1.82, 2.24) is 4.90 Å². The van der Waals surface area contributed by atoms with Crippen molar-refractivity contribution in [2.75, 3.05) is 20.2 Å². The zero-order valence-corrected chi connectivity index (χ0v) is 12.3. The Labute approximate surface area is 119 Å². The molecule has 5 heteroatoms. The highest BCUT2D eigenvalue weighted by Gasteiger charge is 2.18. The van der Waals surface area contributed by atoms with Crippen molar-refractivity contribution in [2.24, 2.45) is 11.7 Å². The summed E-state index contributed by atoms with van der Waals surface area (Å²) in [6.07, 6.45) is 0.661. The quantitative estimate of drug-likeness (QED) is 0.832. The molecule has 0 bridgehead atoms. The third-order valence-electron chi connectivity index (χ3n) is 2.91. The number of hydrogen-bond acceptors (Lipinski definition) is 3. The first-order chi connectivity index (χ1) is 9.40. The Morgan fingerprint density at radius 3 is 2.75 bits per heavy atom. The largest absolute Gasteiger partial charge is 0.492 e. The molecule has 0 fully saturated rings. The molecule has 0 heterocycles. The standard InChI is InChI=1S/C15H23FN2O2/c1-11(2)9-14(17)15(19)18(3)7-8-20-13-6-4-5-12(16)10-13/h4-6,10-11,14H,7-9,17H2,1-3H3/t14-/m0/s1. The molecular formula is C15H23FN2O2. The van der Waals surface area contributed by atoms with E-state index < -0.39 is 6.04 Å². The Hall–Kier alpha value is -1.62. The van der Waals surface area contributed by atoms with E-state index in [0.717, 1.165) is 0 Å². The summed E-state index contributed by atoms with van der Waals surface area (Å²) < 4.78 is 18.3. The predicted molar refractivity (Wildman–Crippen MR) is 77.0 cm³/mol. The number of carbonyl (C=O) groups is 1. The van der Waals surface area contributed by atoms with Gasteiger partial charge in [-0.25, -0.2) is 4.39 Å². The summed E-state index contributed by atoms with van der Waals surface area (Å²) in [6.45, 7) is 4.78. The maximum absolute atomic E-state index is 12.9. The molecule has 0 aromatic heterocycles. The van der Waals surface area contributed by atoms with Crippen LogP contribution in [0.5, 0.6) is 5.75 Å². The summed E-state index contributed by atoms with van der Waals surface area (Å²) in [4.78, 5) is 13.5. The van der Waals surface area contributed by atoms with Crippen molar-refractivity contribution in [1.29, 1.82) is 0 Å². The molecule has 0 aliphatic heterocycles. The van der Waals surface area contributed by atoms with Crippen molar-refractivity contribution < 1.29 is 13.9 Å². The monoisotopic (exact) mass is 282 g/mol. The first-order valence-electron chi connectivity index (χ1n) is 6.79. The maximum Gasteiger partial charge on any atom is 0.239 e. The van der Waals surface area contributed by atoms with Gasteiger partial charge in [0.25, 0.3) is 0 Å². The van der Waals surface area contributed by atoms with Gasteiger partial charge in [-0.1, -0.05) is 19.9 Å². The zero-order valence-electron chi connectivity index (χ0n) is 12.3. The van der Waals surface area contributed by atoms with Gasteiger partial charge in [0.05, 0.1) is 12.6 Å². The van der Waals surface area contributed by atoms with Crippen molar-refractivity contribution in [2.45, 2.75) is 26.3 Å². The van der Waals surface area contributed by atoms with Gasteiger partial charge in [0.1, 0.15) is 18.2 Å². The summed E-state index contributed by atoms with van der Waals surface area (Å²) in [5, 5.41) is 0. The topological polar surface area (TPSA) is 55.6 Å². The fourth-order valence-corrected chi connectivity index (χ4v) is 1.86. The number of likely N-dealkylation sites (N-methyl/N-ethyl adjacent to an activating group) is 1. The molecule has 0 spiro atoms. The van der Waals surface area contributed by atoms with Crippen LogP contribution in [-0.2, 0) is 4.79 Å². The van der Waals surface area contributed by atoms with E-state index in [1.807, 2.05) is 13.8 Å². The summed E-state index contributed by atoms with van der Waals surface area (Å²) in [5.41, 5.74) is 5.84. The molecule has 2 N–H and O–H groups in total. The van der Waals surface area contributed by atoms with Gasteiger partial charge in [-0.3, -0.25) is 4.79 Å². The zero-order chi connectivity index (χ0) is 15.1. The molecular weight excluding hydrogens is 259 g/mol. The average molecular weight is 282 g/mol. The SMILES string of the molecule is CC(C)C[C@H](N)C(=O)N(C)CCOc1cccc(F)c1. The number of amides is 1. The molecule has 20 heavy (non-hydrogen) atoms. The van der Waals surface area contributed by atoms with Crippen molar-refractivity contribution in [3.8, 4) is 5.75 Å². The molecule has 1 aromatic rings. The van der Waals surface area contributed by atoms with Crippen LogP contribution in [0.1, 0.15) is 20.3 Å². The number of benzene rings is 1. The van der Waals surface area contributed by atoms with Crippen LogP contribution in [0.4, 0.5) is 4.39 Å². The van der Waals surface area contributed by atoms with Crippen LogP contribution in [0.15, 0.2) is 24.3 Å². The lowest BCUT2D eigenvalue weighted by molar-refractivity contribution is -0.131. The second-order valence-electron chi connectivity index (χ2n) is 5.30. The number of carbonyl (C=O) groups excluding carboxylic acids is 1. The normalized spacial score (nSPS) is 12.3. The van der Waals surface area contributed by atoms with Crippen LogP contribution in [0.3, 0.4) is 0 Å². The first-order valence-corrected chi connectivity index (χ1v) is 6.79. The minimum Gasteiger partial charge on any atom is -0.492 e. The predicted octanol–water partition coefficient (Wildman–Crippen LogP) is 2.04. The van der Waals surface area contributed by atoms with Gasteiger partial charge >= 0.3 is 0 Å². The van der Waals surface area contributed by atoms with Crippen LogP contribution in [0, 0.1) is 11.7 Å². The van der Waals surface area contributed by atoms with Gasteiger partial charge in [0, 0.05) is 13.1 Å². The number of nitrogens with two attached hydrogens (primary N) is 1. The van der Waals surface area contributed by atoms with Gasteiger partial charge in [-0.05, 0) is 24.5 Å². The van der Waals surface area contributed by atoms with Gasteiger partial charge in [0.15, 0.2) is 0 Å². The lowest BCUT2D eigenvalue weighted by Crippen LogP contribution is -2.43. The third kappa shape index (κ3) is 5.57. The summed E-state index contributed by atoms with van der Waals surface area (Å²) >= 11 is 0. The highest BCUT2D eigenvalue weighted by atomic mass is 19.1. The summed E-state index contributed by atoms with van der Waals surface area (Å²) in [5.74, 6) is 0.399. The third-order valence-corrected chi connectivity index (χ3v) is 2.91. The van der Waals surface area contributed by atoms with E-state index in [2.05, 4.69) is 0 Å². The van der Waals surface area contributed by atoms with Crippen LogP contribution in [0.2, 0.25) is 0 Å². The van der Waals surface area contributed by atoms with Crippen LogP contribution in [-0.4, -0.2) is 37.0 Å². The van der Waals surface area contributed by atoms with Gasteiger partial charge in [-0.2, -0.15) is 0 Å². The van der Waals surface area contributed by atoms with Crippen molar-refractivity contribution >= 4 is 5.91 Å². The van der Waals surface area contributed by atoms with Crippen molar-refractivity contribution in [3.63, 3.8) is 0 Å². The minimum atomic E-state index is -0.478. The van der Waals surface area contributed by atoms with E-state index >= 15 is 0 Å². The van der Waals surface area contributed by atoms with Gasteiger partial charge in [-0.15, -0.1) is 0 Å². The Bertz CT molecular complexity index is 438. The van der Waals surface area contributed by atoms with E-state index in [1.165, 1.54) is 12.1 Å². The Kier molecular flexibility index (Phi) is 6.45. The van der Waals surface area contributed by atoms with Gasteiger partial charge in [0.2, 0.25) is 5.91 Å². The average Bonchev–Trinajstić information content (AvgIpc) is 2.37. The molecule has 1 aromatic carbocycles. The van der Waals surface area contributed by atoms with Crippen molar-refractivity contribution in [3.05, 3.63) is 30.1 Å². The number of halogens is 1. The molecule has 4 nitrogen and oxygen atoms in total. The highest BCUT2D eigenvalue weighted by Crippen LogP contribution is 2.11. The number of rotatable bonds is 7. The van der Waals surface area contributed by atoms with Crippen LogP contribution >= 0.6 is 0 Å². The lowest BCUT2D eigenvalue weighted by Gasteiger charge is -2.22. The maximum atomic E-state index is 12.9. The fourth-order valence-electron chi connectivity index (χ4n) is 1.86. The van der Waals surface area contributed by atoms with E-state index in [4.69, 9.17) is 10.5 Å². The second kappa shape index (κ2) is 7.85. The molecule has 0 aliphatic carbocycles. The smallest absolute Gasteiger partial charge is 0.239 e. The lowest BCUT2D eigenvalue weighted by atomic mass is 10.0. The summed E-state index contributed by atoms with van der Waals surface area (Å²) in [7, 11) is 1.69. The van der Waals surface area contributed by atoms with E-state index in [9.17, 15) is 9.18 Å². The number of ether oxygens (including phenoxy) is 1.